The molecule has 0 aliphatic carbocycles. The molecule has 8 heteroatoms. The molecule has 2 aliphatic rings. The molecule has 0 bridgehead atoms. The maximum atomic E-state index is 13.6. The smallest absolute Gasteiger partial charge is 0.260 e. The molecule has 0 saturated carbocycles. The minimum absolute atomic E-state index is 0.0931. The van der Waals surface area contributed by atoms with Gasteiger partial charge in [-0.1, -0.05) is 12.1 Å². The average molecular weight is 373 g/mol. The number of ether oxygens (including phenoxy) is 1. The molecule has 0 spiro atoms. The summed E-state index contributed by atoms with van der Waals surface area (Å²) in [6, 6.07) is 6.09. The highest BCUT2D eigenvalue weighted by atomic mass is 19.1. The summed E-state index contributed by atoms with van der Waals surface area (Å²) >= 11 is 0. The minimum Gasteiger partial charge on any atom is -0.481 e. The lowest BCUT2D eigenvalue weighted by atomic mass is 9.96. The zero-order valence-corrected chi connectivity index (χ0v) is 15.5. The molecular weight excluding hydrogens is 349 g/mol. The largest absolute Gasteiger partial charge is 0.481 e. The van der Waals surface area contributed by atoms with E-state index >= 15 is 0 Å². The molecule has 0 unspecified atom stereocenters. The van der Waals surface area contributed by atoms with Crippen molar-refractivity contribution in [3.8, 4) is 5.75 Å². The van der Waals surface area contributed by atoms with Crippen LogP contribution in [-0.2, 0) is 17.9 Å². The van der Waals surface area contributed by atoms with Crippen LogP contribution >= 0.6 is 0 Å². The van der Waals surface area contributed by atoms with Crippen molar-refractivity contribution in [2.75, 3.05) is 33.3 Å². The standard InChI is InChI=1S/C19H24FN5O2/c1-23-8-6-14(7-9-23)19-22-21-17-12-24(10-11-25(17)19)18(26)13-27-16-5-3-2-4-15(16)20/h2-5,14H,6-13H2,1H3. The molecule has 1 amide bonds. The molecule has 0 radical (unpaired) electrons. The van der Waals surface area contributed by atoms with E-state index in [0.717, 1.165) is 37.6 Å². The van der Waals surface area contributed by atoms with Crippen molar-refractivity contribution in [1.82, 2.24) is 24.6 Å². The van der Waals surface area contributed by atoms with Crippen LogP contribution < -0.4 is 4.74 Å². The zero-order valence-electron chi connectivity index (χ0n) is 15.5. The highest BCUT2D eigenvalue weighted by molar-refractivity contribution is 5.77. The van der Waals surface area contributed by atoms with E-state index in [9.17, 15) is 9.18 Å². The van der Waals surface area contributed by atoms with E-state index in [1.54, 1.807) is 17.0 Å². The molecule has 1 aromatic heterocycles. The number of hydrogen-bond donors (Lipinski definition) is 0. The first-order valence-corrected chi connectivity index (χ1v) is 9.37. The Hall–Kier alpha value is -2.48. The van der Waals surface area contributed by atoms with E-state index in [1.165, 1.54) is 12.1 Å². The molecule has 7 nitrogen and oxygen atoms in total. The number of benzene rings is 1. The Bertz CT molecular complexity index is 816. The summed E-state index contributed by atoms with van der Waals surface area (Å²) in [5, 5.41) is 8.74. The van der Waals surface area contributed by atoms with Crippen molar-refractivity contribution in [3.63, 3.8) is 0 Å². The first-order valence-electron chi connectivity index (χ1n) is 9.37. The Balaban J connectivity index is 1.37. The van der Waals surface area contributed by atoms with E-state index in [2.05, 4.69) is 26.7 Å². The summed E-state index contributed by atoms with van der Waals surface area (Å²) in [4.78, 5) is 16.5. The molecule has 1 fully saturated rings. The molecule has 2 aliphatic heterocycles. The van der Waals surface area contributed by atoms with Crippen LogP contribution in [0.1, 0.15) is 30.4 Å². The number of fused-ring (bicyclic) bond motifs is 1. The second-order valence-corrected chi connectivity index (χ2v) is 7.24. The van der Waals surface area contributed by atoms with Gasteiger partial charge in [0.2, 0.25) is 0 Å². The predicted molar refractivity (Wildman–Crippen MR) is 96.8 cm³/mol. The molecule has 2 aromatic rings. The van der Waals surface area contributed by atoms with Gasteiger partial charge in [0, 0.05) is 19.0 Å². The van der Waals surface area contributed by atoms with Crippen LogP contribution in [-0.4, -0.2) is 63.8 Å². The quantitative estimate of drug-likeness (QED) is 0.815. The first-order chi connectivity index (χ1) is 13.1. The van der Waals surface area contributed by atoms with Crippen LogP contribution in [0.2, 0.25) is 0 Å². The SMILES string of the molecule is CN1CCC(c2nnc3n2CCN(C(=O)COc2ccccc2F)C3)CC1. The van der Waals surface area contributed by atoms with Crippen molar-refractivity contribution >= 4 is 5.91 Å². The van der Waals surface area contributed by atoms with Crippen molar-refractivity contribution in [2.45, 2.75) is 31.8 Å². The topological polar surface area (TPSA) is 63.5 Å². The molecule has 1 aromatic carbocycles. The third-order valence-electron chi connectivity index (χ3n) is 5.41. The summed E-state index contributed by atoms with van der Waals surface area (Å²) in [7, 11) is 2.14. The van der Waals surface area contributed by atoms with Gasteiger partial charge in [-0.25, -0.2) is 4.39 Å². The summed E-state index contributed by atoms with van der Waals surface area (Å²) in [6.45, 7) is 3.66. The average Bonchev–Trinajstić information content (AvgIpc) is 3.11. The zero-order chi connectivity index (χ0) is 18.8. The third-order valence-corrected chi connectivity index (χ3v) is 5.41. The fourth-order valence-electron chi connectivity index (χ4n) is 3.75. The van der Waals surface area contributed by atoms with E-state index in [0.29, 0.717) is 25.6 Å². The summed E-state index contributed by atoms with van der Waals surface area (Å²) < 4.78 is 21.1. The van der Waals surface area contributed by atoms with Crippen LogP contribution in [0.25, 0.3) is 0 Å². The van der Waals surface area contributed by atoms with Gasteiger partial charge in [0.05, 0.1) is 6.54 Å². The highest BCUT2D eigenvalue weighted by Crippen LogP contribution is 2.28. The van der Waals surface area contributed by atoms with Gasteiger partial charge in [0.1, 0.15) is 5.82 Å². The summed E-state index contributed by atoms with van der Waals surface area (Å²) in [6.07, 6.45) is 2.18. The van der Waals surface area contributed by atoms with Gasteiger partial charge in [-0.05, 0) is 45.1 Å². The van der Waals surface area contributed by atoms with Crippen LogP contribution in [0, 0.1) is 5.82 Å². The number of carbonyl (C=O) groups is 1. The first kappa shape index (κ1) is 17.9. The van der Waals surface area contributed by atoms with Gasteiger partial charge in [-0.2, -0.15) is 0 Å². The number of halogens is 1. The van der Waals surface area contributed by atoms with Crippen LogP contribution in [0.3, 0.4) is 0 Å². The molecule has 3 heterocycles. The second kappa shape index (κ2) is 7.64. The molecule has 27 heavy (non-hydrogen) atoms. The fourth-order valence-corrected chi connectivity index (χ4v) is 3.75. The van der Waals surface area contributed by atoms with Crippen LogP contribution in [0.15, 0.2) is 24.3 Å². The summed E-state index contributed by atoms with van der Waals surface area (Å²) in [5.41, 5.74) is 0. The molecule has 0 N–H and O–H groups in total. The molecule has 1 saturated heterocycles. The van der Waals surface area contributed by atoms with Crippen LogP contribution in [0.5, 0.6) is 5.75 Å². The lowest BCUT2D eigenvalue weighted by molar-refractivity contribution is -0.134. The van der Waals surface area contributed by atoms with Gasteiger partial charge < -0.3 is 19.1 Å². The normalized spacial score (nSPS) is 18.4. The van der Waals surface area contributed by atoms with E-state index in [-0.39, 0.29) is 18.3 Å². The van der Waals surface area contributed by atoms with Gasteiger partial charge in [0.15, 0.2) is 24.0 Å². The van der Waals surface area contributed by atoms with Crippen molar-refractivity contribution < 1.29 is 13.9 Å². The van der Waals surface area contributed by atoms with Crippen molar-refractivity contribution in [2.24, 2.45) is 0 Å². The molecule has 144 valence electrons. The number of carbonyl (C=O) groups excluding carboxylic acids is 1. The van der Waals surface area contributed by atoms with Crippen molar-refractivity contribution in [1.29, 1.82) is 0 Å². The number of amides is 1. The molecular formula is C19H24FN5O2. The molecule has 4 rings (SSSR count). The number of aromatic nitrogens is 3. The number of nitrogens with zero attached hydrogens (tertiary/aromatic N) is 5. The van der Waals surface area contributed by atoms with Gasteiger partial charge in [-0.3, -0.25) is 4.79 Å². The lowest BCUT2D eigenvalue weighted by Crippen LogP contribution is -2.41. The Kier molecular flexibility index (Phi) is 5.07. The number of likely N-dealkylation sites (tertiary alicyclic amines) is 1. The number of piperidine rings is 1. The van der Waals surface area contributed by atoms with Gasteiger partial charge >= 0.3 is 0 Å². The Labute approximate surface area is 157 Å². The monoisotopic (exact) mass is 373 g/mol. The van der Waals surface area contributed by atoms with E-state index in [4.69, 9.17) is 4.74 Å². The van der Waals surface area contributed by atoms with Crippen molar-refractivity contribution in [3.05, 3.63) is 41.7 Å². The van der Waals surface area contributed by atoms with E-state index < -0.39 is 5.82 Å². The fraction of sp³-hybridized carbons (Fsp3) is 0.526. The predicted octanol–water partition coefficient (Wildman–Crippen LogP) is 1.65. The Morgan fingerprint density at radius 3 is 2.74 bits per heavy atom. The van der Waals surface area contributed by atoms with Crippen LogP contribution in [0.4, 0.5) is 4.39 Å². The highest BCUT2D eigenvalue weighted by Gasteiger charge is 2.29. The molecule has 0 atom stereocenters. The Morgan fingerprint density at radius 2 is 1.96 bits per heavy atom. The minimum atomic E-state index is -0.466. The number of hydrogen-bond acceptors (Lipinski definition) is 5. The lowest BCUT2D eigenvalue weighted by Gasteiger charge is -2.31. The summed E-state index contributed by atoms with van der Waals surface area (Å²) in [5.74, 6) is 1.76. The maximum Gasteiger partial charge on any atom is 0.260 e. The second-order valence-electron chi connectivity index (χ2n) is 7.24. The van der Waals surface area contributed by atoms with Gasteiger partial charge in [-0.15, -0.1) is 10.2 Å². The number of para-hydroxylation sites is 1. The van der Waals surface area contributed by atoms with Gasteiger partial charge in [0.25, 0.3) is 5.91 Å². The third kappa shape index (κ3) is 3.80. The number of rotatable bonds is 4. The Morgan fingerprint density at radius 1 is 1.19 bits per heavy atom. The maximum absolute atomic E-state index is 13.6. The van der Waals surface area contributed by atoms with E-state index in [1.807, 2.05) is 0 Å².